The van der Waals surface area contributed by atoms with Crippen LogP contribution >= 0.6 is 27.5 Å². The number of halogens is 2. The van der Waals surface area contributed by atoms with E-state index in [0.717, 1.165) is 11.3 Å². The van der Waals surface area contributed by atoms with Gasteiger partial charge in [-0.15, -0.1) is 0 Å². The summed E-state index contributed by atoms with van der Waals surface area (Å²) in [7, 11) is 0. The summed E-state index contributed by atoms with van der Waals surface area (Å²) in [5.41, 5.74) is 2.26. The number of anilines is 1. The lowest BCUT2D eigenvalue weighted by Crippen LogP contribution is -2.54. The molecule has 0 aliphatic carbocycles. The Labute approximate surface area is 194 Å². The van der Waals surface area contributed by atoms with Crippen LogP contribution in [0.2, 0.25) is 5.02 Å². The summed E-state index contributed by atoms with van der Waals surface area (Å²) in [6, 6.07) is 7.96. The van der Waals surface area contributed by atoms with Gasteiger partial charge in [-0.2, -0.15) is 4.98 Å². The molecule has 1 fully saturated rings. The van der Waals surface area contributed by atoms with E-state index in [9.17, 15) is 4.79 Å². The molecule has 1 aromatic carbocycles. The molecule has 1 aliphatic heterocycles. The number of carbonyl (C=O) groups is 1. The van der Waals surface area contributed by atoms with E-state index in [1.165, 1.54) is 0 Å². The lowest BCUT2D eigenvalue weighted by atomic mass is 10.1. The predicted octanol–water partition coefficient (Wildman–Crippen LogP) is 5.75. The highest BCUT2D eigenvalue weighted by Crippen LogP contribution is 2.41. The van der Waals surface area contributed by atoms with Crippen molar-refractivity contribution in [3.63, 3.8) is 0 Å². The van der Waals surface area contributed by atoms with Crippen molar-refractivity contribution in [2.45, 2.75) is 39.3 Å². The number of carbonyl (C=O) groups excluding carboxylic acids is 1. The highest BCUT2D eigenvalue weighted by Gasteiger charge is 2.32. The zero-order valence-electron chi connectivity index (χ0n) is 17.9. The molecule has 0 bridgehead atoms. The monoisotopic (exact) mass is 506 g/mol. The first-order valence-electron chi connectivity index (χ1n) is 10.1. The van der Waals surface area contributed by atoms with Gasteiger partial charge in [0.1, 0.15) is 11.1 Å². The number of fused-ring (bicyclic) bond motifs is 1. The Morgan fingerprint density at radius 1 is 1.32 bits per heavy atom. The number of ether oxygens (including phenoxy) is 1. The van der Waals surface area contributed by atoms with E-state index in [1.807, 2.05) is 45.9 Å². The third kappa shape index (κ3) is 4.50. The van der Waals surface area contributed by atoms with Crippen LogP contribution in [0.5, 0.6) is 0 Å². The van der Waals surface area contributed by atoms with Gasteiger partial charge in [-0.05, 0) is 61.8 Å². The zero-order valence-corrected chi connectivity index (χ0v) is 20.2. The van der Waals surface area contributed by atoms with E-state index < -0.39 is 5.60 Å². The lowest BCUT2D eigenvalue weighted by Gasteiger charge is -2.39. The van der Waals surface area contributed by atoms with Gasteiger partial charge in [0.25, 0.3) is 6.01 Å². The van der Waals surface area contributed by atoms with Gasteiger partial charge in [0, 0.05) is 36.3 Å². The Kier molecular flexibility index (Phi) is 5.87. The summed E-state index contributed by atoms with van der Waals surface area (Å²) in [6.45, 7) is 9.26. The second-order valence-electron chi connectivity index (χ2n) is 8.58. The first kappa shape index (κ1) is 21.9. The lowest BCUT2D eigenvalue weighted by molar-refractivity contribution is 0.0216. The van der Waals surface area contributed by atoms with Crippen LogP contribution in [0.15, 0.2) is 39.4 Å². The minimum Gasteiger partial charge on any atom is -0.444 e. The maximum Gasteiger partial charge on any atom is 0.410 e. The van der Waals surface area contributed by atoms with Crippen molar-refractivity contribution < 1.29 is 13.9 Å². The number of piperazine rings is 1. The van der Waals surface area contributed by atoms with E-state index in [1.54, 1.807) is 17.2 Å². The Bertz CT molecular complexity index is 1110. The minimum atomic E-state index is -0.522. The summed E-state index contributed by atoms with van der Waals surface area (Å²) < 4.78 is 12.4. The van der Waals surface area contributed by atoms with Gasteiger partial charge < -0.3 is 19.0 Å². The largest absolute Gasteiger partial charge is 0.444 e. The standard InChI is InChI=1S/C22H24BrClN4O3/c1-13-12-27(21(29)31-22(2,3)4)9-10-28(13)20-26-16-11-14(24)18(23)17(19(16)30-20)15-7-5-6-8-25-15/h5-8,11,13H,9-10,12H2,1-4H3. The third-order valence-electron chi connectivity index (χ3n) is 5.01. The molecule has 4 rings (SSSR count). The van der Waals surface area contributed by atoms with E-state index in [4.69, 9.17) is 25.7 Å². The minimum absolute atomic E-state index is 0.00606. The maximum absolute atomic E-state index is 12.4. The first-order valence-corrected chi connectivity index (χ1v) is 11.3. The van der Waals surface area contributed by atoms with Crippen LogP contribution in [0.3, 0.4) is 0 Å². The molecule has 164 valence electrons. The second kappa shape index (κ2) is 8.31. The van der Waals surface area contributed by atoms with E-state index in [-0.39, 0.29) is 12.1 Å². The topological polar surface area (TPSA) is 71.7 Å². The van der Waals surface area contributed by atoms with Crippen molar-refractivity contribution in [1.29, 1.82) is 0 Å². The molecule has 0 N–H and O–H groups in total. The number of amides is 1. The fraction of sp³-hybridized carbons (Fsp3) is 0.409. The van der Waals surface area contributed by atoms with Gasteiger partial charge in [-0.25, -0.2) is 4.79 Å². The molecule has 1 aliphatic rings. The Morgan fingerprint density at radius 3 is 2.74 bits per heavy atom. The van der Waals surface area contributed by atoms with E-state index in [2.05, 4.69) is 25.8 Å². The Balaban J connectivity index is 1.64. The molecule has 0 saturated carbocycles. The average molecular weight is 508 g/mol. The second-order valence-corrected chi connectivity index (χ2v) is 9.78. The first-order chi connectivity index (χ1) is 14.6. The molecule has 1 saturated heterocycles. The quantitative estimate of drug-likeness (QED) is 0.440. The normalized spacial score (nSPS) is 17.3. The van der Waals surface area contributed by atoms with Gasteiger partial charge in [0.2, 0.25) is 0 Å². The molecule has 1 unspecified atom stereocenters. The molecule has 9 heteroatoms. The van der Waals surface area contributed by atoms with Gasteiger partial charge in [0.05, 0.1) is 16.3 Å². The van der Waals surface area contributed by atoms with Gasteiger partial charge in [-0.3, -0.25) is 4.98 Å². The number of hydrogen-bond donors (Lipinski definition) is 0. The van der Waals surface area contributed by atoms with Crippen LogP contribution in [0.1, 0.15) is 27.7 Å². The summed E-state index contributed by atoms with van der Waals surface area (Å²) in [5.74, 6) is 0. The van der Waals surface area contributed by atoms with E-state index in [0.29, 0.717) is 46.2 Å². The molecular weight excluding hydrogens is 484 g/mol. The van der Waals surface area contributed by atoms with Gasteiger partial charge in [-0.1, -0.05) is 17.7 Å². The molecular formula is C22H24BrClN4O3. The van der Waals surface area contributed by atoms with Crippen molar-refractivity contribution in [3.8, 4) is 11.3 Å². The highest BCUT2D eigenvalue weighted by atomic mass is 79.9. The number of nitrogens with zero attached hydrogens (tertiary/aromatic N) is 4. The fourth-order valence-electron chi connectivity index (χ4n) is 3.60. The summed E-state index contributed by atoms with van der Waals surface area (Å²) in [5, 5.41) is 0.538. The molecule has 1 amide bonds. The average Bonchev–Trinajstić information content (AvgIpc) is 3.11. The molecule has 31 heavy (non-hydrogen) atoms. The Hall–Kier alpha value is -2.32. The van der Waals surface area contributed by atoms with Crippen LogP contribution < -0.4 is 4.90 Å². The van der Waals surface area contributed by atoms with Crippen LogP contribution in [-0.4, -0.2) is 52.2 Å². The zero-order chi connectivity index (χ0) is 22.3. The summed E-state index contributed by atoms with van der Waals surface area (Å²) in [6.07, 6.45) is 1.42. The highest BCUT2D eigenvalue weighted by molar-refractivity contribution is 9.10. The van der Waals surface area contributed by atoms with Crippen molar-refractivity contribution in [2.75, 3.05) is 24.5 Å². The molecule has 3 heterocycles. The summed E-state index contributed by atoms with van der Waals surface area (Å²) in [4.78, 5) is 25.4. The van der Waals surface area contributed by atoms with Crippen molar-refractivity contribution in [1.82, 2.24) is 14.9 Å². The number of oxazole rings is 1. The van der Waals surface area contributed by atoms with Crippen molar-refractivity contribution in [2.24, 2.45) is 0 Å². The fourth-order valence-corrected chi connectivity index (χ4v) is 4.29. The number of benzene rings is 1. The van der Waals surface area contributed by atoms with Crippen LogP contribution in [-0.2, 0) is 4.74 Å². The number of pyridine rings is 1. The molecule has 7 nitrogen and oxygen atoms in total. The smallest absolute Gasteiger partial charge is 0.410 e. The third-order valence-corrected chi connectivity index (χ3v) is 6.36. The molecule has 1 atom stereocenters. The van der Waals surface area contributed by atoms with Gasteiger partial charge in [0.15, 0.2) is 5.58 Å². The molecule has 3 aromatic rings. The van der Waals surface area contributed by atoms with Crippen LogP contribution in [0, 0.1) is 0 Å². The number of rotatable bonds is 2. The molecule has 0 radical (unpaired) electrons. The van der Waals surface area contributed by atoms with Crippen LogP contribution in [0.4, 0.5) is 10.8 Å². The summed E-state index contributed by atoms with van der Waals surface area (Å²) >= 11 is 10.0. The Morgan fingerprint density at radius 2 is 2.10 bits per heavy atom. The van der Waals surface area contributed by atoms with Crippen molar-refractivity contribution in [3.05, 3.63) is 40.0 Å². The van der Waals surface area contributed by atoms with Crippen LogP contribution in [0.25, 0.3) is 22.4 Å². The SMILES string of the molecule is CC1CN(C(=O)OC(C)(C)C)CCN1c1nc2cc(Cl)c(Br)c(-c3ccccn3)c2o1. The molecule has 2 aromatic heterocycles. The maximum atomic E-state index is 12.4. The number of hydrogen-bond acceptors (Lipinski definition) is 6. The van der Waals surface area contributed by atoms with E-state index >= 15 is 0 Å². The van der Waals surface area contributed by atoms with Gasteiger partial charge >= 0.3 is 6.09 Å². The predicted molar refractivity (Wildman–Crippen MR) is 125 cm³/mol. The van der Waals surface area contributed by atoms with Crippen molar-refractivity contribution >= 4 is 50.7 Å². The molecule has 0 spiro atoms. The number of aromatic nitrogens is 2.